The fraction of sp³-hybridized carbons (Fsp3) is 0.143. The third-order valence-corrected chi connectivity index (χ3v) is 4.13. The standard InChI is InChI=1S/C21H18FN3O2/c1-24-21(26)15(13-23)12-16-14-25(20-5-3-2-4-19(16)20)10-11-27-18-8-6-17(22)7-9-18/h2-9,12,14H,10-11H2,1H3,(H,24,26)/b15-12+. The van der Waals surface area contributed by atoms with E-state index in [0.29, 0.717) is 18.9 Å². The lowest BCUT2D eigenvalue weighted by Gasteiger charge is -2.08. The highest BCUT2D eigenvalue weighted by molar-refractivity contribution is 6.03. The number of hydrogen-bond donors (Lipinski definition) is 1. The molecule has 5 nitrogen and oxygen atoms in total. The van der Waals surface area contributed by atoms with Crippen LogP contribution in [0, 0.1) is 17.1 Å². The molecule has 0 fully saturated rings. The number of halogens is 1. The van der Waals surface area contributed by atoms with Crippen LogP contribution < -0.4 is 10.1 Å². The summed E-state index contributed by atoms with van der Waals surface area (Å²) in [7, 11) is 1.49. The molecule has 2 aromatic carbocycles. The number of rotatable bonds is 6. The molecule has 136 valence electrons. The van der Waals surface area contributed by atoms with E-state index >= 15 is 0 Å². The number of nitrogens with one attached hydrogen (secondary N) is 1. The molecular formula is C21H18FN3O2. The number of nitrogens with zero attached hydrogens (tertiary/aromatic N) is 2. The summed E-state index contributed by atoms with van der Waals surface area (Å²) in [5, 5.41) is 12.6. The van der Waals surface area contributed by atoms with Gasteiger partial charge in [0.2, 0.25) is 0 Å². The first-order valence-corrected chi connectivity index (χ1v) is 8.42. The first-order valence-electron chi connectivity index (χ1n) is 8.42. The van der Waals surface area contributed by atoms with E-state index in [2.05, 4.69) is 5.32 Å². The summed E-state index contributed by atoms with van der Waals surface area (Å²) in [6.07, 6.45) is 3.47. The molecule has 0 saturated carbocycles. The van der Waals surface area contributed by atoms with Gasteiger partial charge in [0.25, 0.3) is 5.91 Å². The van der Waals surface area contributed by atoms with Crippen molar-refractivity contribution >= 4 is 22.9 Å². The number of para-hydroxylation sites is 1. The highest BCUT2D eigenvalue weighted by Gasteiger charge is 2.11. The van der Waals surface area contributed by atoms with Crippen molar-refractivity contribution in [1.29, 1.82) is 5.26 Å². The number of carbonyl (C=O) groups is 1. The van der Waals surface area contributed by atoms with Crippen LogP contribution in [0.15, 0.2) is 60.3 Å². The molecule has 3 rings (SSSR count). The number of benzene rings is 2. The fourth-order valence-electron chi connectivity index (χ4n) is 2.81. The molecule has 0 saturated heterocycles. The van der Waals surface area contributed by atoms with Crippen molar-refractivity contribution in [3.05, 3.63) is 71.7 Å². The van der Waals surface area contributed by atoms with Crippen LogP contribution in [-0.4, -0.2) is 24.1 Å². The van der Waals surface area contributed by atoms with Crippen LogP contribution in [0.25, 0.3) is 17.0 Å². The van der Waals surface area contributed by atoms with Crippen LogP contribution in [0.5, 0.6) is 5.75 Å². The van der Waals surface area contributed by atoms with Gasteiger partial charge in [-0.15, -0.1) is 0 Å². The van der Waals surface area contributed by atoms with Gasteiger partial charge in [0.15, 0.2) is 0 Å². The molecule has 0 aliphatic rings. The Kier molecular flexibility index (Phi) is 5.53. The fourth-order valence-corrected chi connectivity index (χ4v) is 2.81. The van der Waals surface area contributed by atoms with Crippen LogP contribution in [0.1, 0.15) is 5.56 Å². The average Bonchev–Trinajstić information content (AvgIpc) is 3.05. The van der Waals surface area contributed by atoms with Crippen LogP contribution in [-0.2, 0) is 11.3 Å². The van der Waals surface area contributed by atoms with Gasteiger partial charge >= 0.3 is 0 Å². The third kappa shape index (κ3) is 4.15. The second-order valence-electron chi connectivity index (χ2n) is 5.85. The average molecular weight is 363 g/mol. The van der Waals surface area contributed by atoms with Crippen molar-refractivity contribution in [3.63, 3.8) is 0 Å². The number of amides is 1. The summed E-state index contributed by atoms with van der Waals surface area (Å²) in [5.74, 6) is -0.132. The predicted octanol–water partition coefficient (Wildman–Crippen LogP) is 3.51. The number of ether oxygens (including phenoxy) is 1. The molecule has 1 heterocycles. The summed E-state index contributed by atoms with van der Waals surface area (Å²) >= 11 is 0. The van der Waals surface area contributed by atoms with Crippen LogP contribution in [0.4, 0.5) is 4.39 Å². The van der Waals surface area contributed by atoms with Crippen molar-refractivity contribution in [2.45, 2.75) is 6.54 Å². The number of carbonyl (C=O) groups excluding carboxylic acids is 1. The van der Waals surface area contributed by atoms with Crippen molar-refractivity contribution in [2.75, 3.05) is 13.7 Å². The molecule has 0 radical (unpaired) electrons. The SMILES string of the molecule is CNC(=O)/C(C#N)=C/c1cn(CCOc2ccc(F)cc2)c2ccccc12. The van der Waals surface area contributed by atoms with Gasteiger partial charge in [-0.25, -0.2) is 4.39 Å². The van der Waals surface area contributed by atoms with Gasteiger partial charge in [-0.05, 0) is 36.4 Å². The first-order chi connectivity index (χ1) is 13.1. The zero-order valence-corrected chi connectivity index (χ0v) is 14.8. The first kappa shape index (κ1) is 18.2. The predicted molar refractivity (Wildman–Crippen MR) is 101 cm³/mol. The second-order valence-corrected chi connectivity index (χ2v) is 5.85. The topological polar surface area (TPSA) is 67.0 Å². The zero-order chi connectivity index (χ0) is 19.2. The molecule has 1 aromatic heterocycles. The third-order valence-electron chi connectivity index (χ3n) is 4.13. The highest BCUT2D eigenvalue weighted by Crippen LogP contribution is 2.24. The minimum atomic E-state index is -0.422. The Hall–Kier alpha value is -3.59. The highest BCUT2D eigenvalue weighted by atomic mass is 19.1. The van der Waals surface area contributed by atoms with E-state index in [1.807, 2.05) is 41.1 Å². The van der Waals surface area contributed by atoms with Crippen LogP contribution in [0.2, 0.25) is 0 Å². The molecule has 0 spiro atoms. The van der Waals surface area contributed by atoms with E-state index in [4.69, 9.17) is 4.74 Å². The van der Waals surface area contributed by atoms with Gasteiger partial charge < -0.3 is 14.6 Å². The quantitative estimate of drug-likeness (QED) is 0.538. The van der Waals surface area contributed by atoms with Crippen molar-refractivity contribution < 1.29 is 13.9 Å². The van der Waals surface area contributed by atoms with Gasteiger partial charge in [0.05, 0.1) is 6.54 Å². The number of hydrogen-bond acceptors (Lipinski definition) is 3. The molecule has 0 aliphatic carbocycles. The normalized spacial score (nSPS) is 11.2. The van der Waals surface area contributed by atoms with Gasteiger partial charge in [-0.2, -0.15) is 5.26 Å². The van der Waals surface area contributed by atoms with Gasteiger partial charge in [-0.3, -0.25) is 4.79 Å². The Morgan fingerprint density at radius 2 is 2.00 bits per heavy atom. The molecule has 6 heteroatoms. The van der Waals surface area contributed by atoms with Crippen molar-refractivity contribution in [2.24, 2.45) is 0 Å². The Bertz CT molecular complexity index is 1030. The largest absolute Gasteiger partial charge is 0.492 e. The Morgan fingerprint density at radius 3 is 2.70 bits per heavy atom. The summed E-state index contributed by atoms with van der Waals surface area (Å²) in [6, 6.07) is 15.5. The van der Waals surface area contributed by atoms with Crippen LogP contribution >= 0.6 is 0 Å². The molecule has 0 aliphatic heterocycles. The molecule has 0 unspecified atom stereocenters. The summed E-state index contributed by atoms with van der Waals surface area (Å²) in [5.41, 5.74) is 1.80. The molecule has 0 bridgehead atoms. The minimum Gasteiger partial charge on any atom is -0.492 e. The second kappa shape index (κ2) is 8.19. The maximum atomic E-state index is 13.0. The summed E-state index contributed by atoms with van der Waals surface area (Å²) < 4.78 is 20.6. The molecule has 1 amide bonds. The Balaban J connectivity index is 1.84. The maximum absolute atomic E-state index is 13.0. The van der Waals surface area contributed by atoms with E-state index in [1.165, 1.54) is 19.2 Å². The minimum absolute atomic E-state index is 0.0444. The van der Waals surface area contributed by atoms with E-state index in [-0.39, 0.29) is 11.4 Å². The Morgan fingerprint density at radius 1 is 1.26 bits per heavy atom. The van der Waals surface area contributed by atoms with Gasteiger partial charge in [0.1, 0.15) is 29.8 Å². The number of nitriles is 1. The number of likely N-dealkylation sites (N-methyl/N-ethyl adjacent to an activating group) is 1. The summed E-state index contributed by atoms with van der Waals surface area (Å²) in [6.45, 7) is 0.960. The zero-order valence-electron chi connectivity index (χ0n) is 14.8. The van der Waals surface area contributed by atoms with Crippen molar-refractivity contribution in [1.82, 2.24) is 9.88 Å². The lowest BCUT2D eigenvalue weighted by molar-refractivity contribution is -0.116. The number of fused-ring (bicyclic) bond motifs is 1. The molecular weight excluding hydrogens is 345 g/mol. The van der Waals surface area contributed by atoms with Gasteiger partial charge in [-0.1, -0.05) is 18.2 Å². The van der Waals surface area contributed by atoms with E-state index < -0.39 is 5.91 Å². The van der Waals surface area contributed by atoms with Gasteiger partial charge in [0, 0.05) is 29.7 Å². The Labute approximate surface area is 156 Å². The molecule has 3 aromatic rings. The molecule has 0 atom stereocenters. The van der Waals surface area contributed by atoms with Crippen LogP contribution in [0.3, 0.4) is 0 Å². The number of aromatic nitrogens is 1. The molecule has 27 heavy (non-hydrogen) atoms. The molecule has 1 N–H and O–H groups in total. The van der Waals surface area contributed by atoms with E-state index in [1.54, 1.807) is 18.2 Å². The van der Waals surface area contributed by atoms with Crippen molar-refractivity contribution in [3.8, 4) is 11.8 Å². The summed E-state index contributed by atoms with van der Waals surface area (Å²) in [4.78, 5) is 11.8. The monoisotopic (exact) mass is 363 g/mol. The van der Waals surface area contributed by atoms with E-state index in [0.717, 1.165) is 16.5 Å². The lowest BCUT2D eigenvalue weighted by Crippen LogP contribution is -2.19. The van der Waals surface area contributed by atoms with E-state index in [9.17, 15) is 14.4 Å². The smallest absolute Gasteiger partial charge is 0.261 e. The lowest BCUT2D eigenvalue weighted by atomic mass is 10.1. The maximum Gasteiger partial charge on any atom is 0.261 e.